The van der Waals surface area contributed by atoms with Gasteiger partial charge in [-0.1, -0.05) is 37.5 Å². The van der Waals surface area contributed by atoms with Crippen LogP contribution in [0.3, 0.4) is 0 Å². The summed E-state index contributed by atoms with van der Waals surface area (Å²) in [4.78, 5) is 32.2. The second-order valence-corrected chi connectivity index (χ2v) is 13.5. The molecule has 7 nitrogen and oxygen atoms in total. The van der Waals surface area contributed by atoms with E-state index in [9.17, 15) is 9.59 Å². The van der Waals surface area contributed by atoms with E-state index in [0.717, 1.165) is 30.8 Å². The van der Waals surface area contributed by atoms with Crippen LogP contribution in [0.2, 0.25) is 0 Å². The topological polar surface area (TPSA) is 64.0 Å². The Hall–Kier alpha value is -3.32. The molecular formula is C35H41N3O4. The first-order valence-corrected chi connectivity index (χ1v) is 15.9. The van der Waals surface area contributed by atoms with Crippen LogP contribution >= 0.6 is 0 Å². The van der Waals surface area contributed by atoms with E-state index in [1.807, 2.05) is 12.1 Å². The van der Waals surface area contributed by atoms with Crippen molar-refractivity contribution < 1.29 is 19.1 Å². The molecule has 4 atom stereocenters. The lowest BCUT2D eigenvalue weighted by Gasteiger charge is -2.40. The van der Waals surface area contributed by atoms with E-state index < -0.39 is 5.41 Å². The first kappa shape index (κ1) is 26.3. The number of rotatable bonds is 4. The molecule has 5 aliphatic rings. The van der Waals surface area contributed by atoms with Crippen LogP contribution in [0.4, 0.5) is 0 Å². The third kappa shape index (κ3) is 3.68. The van der Waals surface area contributed by atoms with E-state index in [4.69, 9.17) is 9.47 Å². The van der Waals surface area contributed by atoms with Gasteiger partial charge in [0.15, 0.2) is 0 Å². The molecule has 1 aromatic heterocycles. The summed E-state index contributed by atoms with van der Waals surface area (Å²) in [5, 5.41) is 1.21. The number of carbonyl (C=O) groups is 2. The van der Waals surface area contributed by atoms with E-state index in [2.05, 4.69) is 45.7 Å². The van der Waals surface area contributed by atoms with Gasteiger partial charge in [0.2, 0.25) is 5.91 Å². The zero-order valence-electron chi connectivity index (χ0n) is 25.0. The number of methoxy groups -OCH3 is 2. The Labute approximate surface area is 247 Å². The van der Waals surface area contributed by atoms with E-state index in [-0.39, 0.29) is 11.9 Å². The van der Waals surface area contributed by atoms with Crippen LogP contribution in [-0.2, 0) is 16.1 Å². The van der Waals surface area contributed by atoms with Gasteiger partial charge in [-0.15, -0.1) is 0 Å². The van der Waals surface area contributed by atoms with Crippen LogP contribution in [0.25, 0.3) is 22.2 Å². The van der Waals surface area contributed by atoms with Crippen LogP contribution in [0.15, 0.2) is 36.4 Å². The zero-order chi connectivity index (χ0) is 28.7. The molecule has 3 aliphatic heterocycles. The number of piperazine rings is 1. The maximum atomic E-state index is 14.8. The van der Waals surface area contributed by atoms with Crippen molar-refractivity contribution in [2.24, 2.45) is 5.41 Å². The number of fused-ring (bicyclic) bond motifs is 9. The number of likely N-dealkylation sites (tertiary alicyclic amines) is 1. The number of esters is 1. The van der Waals surface area contributed by atoms with Gasteiger partial charge in [0, 0.05) is 59.7 Å². The van der Waals surface area contributed by atoms with Gasteiger partial charge in [0.1, 0.15) is 5.75 Å². The molecule has 2 saturated heterocycles. The highest BCUT2D eigenvalue weighted by atomic mass is 16.5. The minimum atomic E-state index is -0.513. The lowest BCUT2D eigenvalue weighted by molar-refractivity contribution is -0.141. The van der Waals surface area contributed by atoms with Gasteiger partial charge in [-0.25, -0.2) is 4.79 Å². The molecule has 3 aromatic rings. The number of hydrogen-bond acceptors (Lipinski definition) is 5. The standard InChI is InChI=1S/C35H41N3O4/c1-36-23-13-14-24(36)19-37(18-23)34(40)35-17-27(35)31-26(10-7-11-29(31)41-2)32-30(21-8-5-4-6-9-21)25-15-12-22(33(39)42-3)16-28(25)38(32)20-35/h7,10-12,15-16,21,23-24,27H,4-6,8-9,13-14,17-20H2,1-3H3. The van der Waals surface area contributed by atoms with Crippen molar-refractivity contribution in [1.29, 1.82) is 0 Å². The normalized spacial score (nSPS) is 28.5. The lowest BCUT2D eigenvalue weighted by Crippen LogP contribution is -2.55. The molecule has 4 heterocycles. The van der Waals surface area contributed by atoms with Crippen molar-refractivity contribution in [3.05, 3.63) is 53.1 Å². The number of likely N-dealkylation sites (N-methyl/N-ethyl adjacent to an activating group) is 1. The molecule has 8 rings (SSSR count). The molecule has 220 valence electrons. The van der Waals surface area contributed by atoms with Crippen molar-refractivity contribution >= 4 is 22.8 Å². The predicted octanol–water partition coefficient (Wildman–Crippen LogP) is 5.94. The highest BCUT2D eigenvalue weighted by Gasteiger charge is 2.65. The number of benzene rings is 2. The Morgan fingerprint density at radius 1 is 0.929 bits per heavy atom. The van der Waals surface area contributed by atoms with E-state index in [1.165, 1.54) is 79.8 Å². The molecule has 2 aromatic carbocycles. The Balaban J connectivity index is 1.35. The fourth-order valence-electron chi connectivity index (χ4n) is 9.21. The minimum absolute atomic E-state index is 0.117. The van der Waals surface area contributed by atoms with Crippen molar-refractivity contribution in [1.82, 2.24) is 14.4 Å². The molecule has 0 radical (unpaired) electrons. The highest BCUT2D eigenvalue weighted by molar-refractivity contribution is 6.00. The van der Waals surface area contributed by atoms with Crippen molar-refractivity contribution in [3.8, 4) is 17.0 Å². The Bertz CT molecular complexity index is 1590. The van der Waals surface area contributed by atoms with Gasteiger partial charge in [0.05, 0.1) is 30.9 Å². The summed E-state index contributed by atoms with van der Waals surface area (Å²) >= 11 is 0. The molecule has 2 bridgehead atoms. The Morgan fingerprint density at radius 2 is 1.69 bits per heavy atom. The molecular weight excluding hydrogens is 526 g/mol. The van der Waals surface area contributed by atoms with E-state index in [0.29, 0.717) is 36.0 Å². The van der Waals surface area contributed by atoms with Crippen molar-refractivity contribution in [2.75, 3.05) is 34.4 Å². The van der Waals surface area contributed by atoms with Crippen LogP contribution in [0.1, 0.15) is 84.7 Å². The first-order valence-electron chi connectivity index (χ1n) is 15.9. The number of ether oxygens (including phenoxy) is 2. The third-order valence-electron chi connectivity index (χ3n) is 11.5. The molecule has 42 heavy (non-hydrogen) atoms. The van der Waals surface area contributed by atoms with Crippen LogP contribution in [0.5, 0.6) is 5.75 Å². The minimum Gasteiger partial charge on any atom is -0.496 e. The van der Waals surface area contributed by atoms with Gasteiger partial charge in [0.25, 0.3) is 0 Å². The summed E-state index contributed by atoms with van der Waals surface area (Å²) in [6.45, 7) is 2.26. The highest BCUT2D eigenvalue weighted by Crippen LogP contribution is 2.67. The van der Waals surface area contributed by atoms with Crippen molar-refractivity contribution in [2.45, 2.75) is 81.8 Å². The van der Waals surface area contributed by atoms with E-state index in [1.54, 1.807) is 7.11 Å². The molecule has 0 N–H and O–H groups in total. The SMILES string of the molecule is COC(=O)c1ccc2c(C3CCCCC3)c3n(c2c1)CC1(C(=O)N2CC4CCC(C2)N4C)CC1c1c(OC)cccc1-3. The fraction of sp³-hybridized carbons (Fsp3) is 0.543. The van der Waals surface area contributed by atoms with Crippen LogP contribution in [-0.4, -0.2) is 72.7 Å². The molecule has 2 aliphatic carbocycles. The van der Waals surface area contributed by atoms with Crippen LogP contribution in [0, 0.1) is 5.41 Å². The number of amides is 1. The number of nitrogens with zero attached hydrogens (tertiary/aromatic N) is 3. The second-order valence-electron chi connectivity index (χ2n) is 13.5. The smallest absolute Gasteiger partial charge is 0.337 e. The van der Waals surface area contributed by atoms with Gasteiger partial charge >= 0.3 is 5.97 Å². The summed E-state index contributed by atoms with van der Waals surface area (Å²) < 4.78 is 13.6. The van der Waals surface area contributed by atoms with Gasteiger partial charge in [-0.3, -0.25) is 9.69 Å². The Morgan fingerprint density at radius 3 is 2.40 bits per heavy atom. The first-order chi connectivity index (χ1) is 20.4. The predicted molar refractivity (Wildman–Crippen MR) is 162 cm³/mol. The third-order valence-corrected chi connectivity index (χ3v) is 11.5. The average Bonchev–Trinajstić information content (AvgIpc) is 3.65. The number of aromatic nitrogens is 1. The zero-order valence-corrected chi connectivity index (χ0v) is 25.0. The molecule has 4 fully saturated rings. The maximum absolute atomic E-state index is 14.8. The van der Waals surface area contributed by atoms with Crippen molar-refractivity contribution in [3.63, 3.8) is 0 Å². The number of hydrogen-bond donors (Lipinski definition) is 0. The largest absolute Gasteiger partial charge is 0.496 e. The Kier molecular flexibility index (Phi) is 6.01. The summed E-state index contributed by atoms with van der Waals surface area (Å²) in [7, 11) is 5.41. The maximum Gasteiger partial charge on any atom is 0.337 e. The lowest BCUT2D eigenvalue weighted by atomic mass is 9.81. The molecule has 2 saturated carbocycles. The summed E-state index contributed by atoms with van der Waals surface area (Å²) in [6, 6.07) is 13.4. The second kappa shape index (κ2) is 9.60. The number of carbonyl (C=O) groups excluding carboxylic acids is 2. The fourth-order valence-corrected chi connectivity index (χ4v) is 9.21. The monoisotopic (exact) mass is 567 g/mol. The van der Waals surface area contributed by atoms with Gasteiger partial charge < -0.3 is 18.9 Å². The summed E-state index contributed by atoms with van der Waals surface area (Å²) in [6.07, 6.45) is 9.27. The van der Waals surface area contributed by atoms with E-state index >= 15 is 0 Å². The molecule has 1 amide bonds. The summed E-state index contributed by atoms with van der Waals surface area (Å²) in [5.74, 6) is 1.42. The molecule has 7 heteroatoms. The average molecular weight is 568 g/mol. The van der Waals surface area contributed by atoms with Gasteiger partial charge in [-0.05, 0) is 68.8 Å². The van der Waals surface area contributed by atoms with Gasteiger partial charge in [-0.2, -0.15) is 0 Å². The molecule has 0 spiro atoms. The summed E-state index contributed by atoms with van der Waals surface area (Å²) in [5.41, 5.74) is 6.09. The van der Waals surface area contributed by atoms with Crippen LogP contribution < -0.4 is 4.74 Å². The molecule has 4 unspecified atom stereocenters. The quantitative estimate of drug-likeness (QED) is 0.365.